The Morgan fingerprint density at radius 3 is 2.58 bits per heavy atom. The van der Waals surface area contributed by atoms with E-state index >= 15 is 0 Å². The fraction of sp³-hybridized carbons (Fsp3) is 0.357. The van der Waals surface area contributed by atoms with E-state index in [4.69, 9.17) is 28.9 Å². The molecule has 0 aliphatic rings. The summed E-state index contributed by atoms with van der Waals surface area (Å²) in [6.45, 7) is 3.10. The largest absolute Gasteiger partial charge is 0.335 e. The Morgan fingerprint density at radius 1 is 1.26 bits per heavy atom. The average Bonchev–Trinajstić information content (AvgIpc) is 2.76. The zero-order valence-electron chi connectivity index (χ0n) is 10.8. The van der Waals surface area contributed by atoms with Gasteiger partial charge in [-0.15, -0.1) is 0 Å². The Bertz CT molecular complexity index is 531. The van der Waals surface area contributed by atoms with Crippen LogP contribution in [0, 0.1) is 0 Å². The van der Waals surface area contributed by atoms with E-state index < -0.39 is 0 Å². The quantitative estimate of drug-likeness (QED) is 0.911. The van der Waals surface area contributed by atoms with Gasteiger partial charge in [0.2, 0.25) is 0 Å². The van der Waals surface area contributed by atoms with Crippen LogP contribution in [0.5, 0.6) is 0 Å². The monoisotopic (exact) mass is 297 g/mol. The SMILES string of the molecule is CCCn1ccnc1CC(N)c1cc(Cl)cc(Cl)c1. The van der Waals surface area contributed by atoms with Gasteiger partial charge in [0.1, 0.15) is 5.82 Å². The van der Waals surface area contributed by atoms with Crippen LogP contribution < -0.4 is 5.73 Å². The fourth-order valence-electron chi connectivity index (χ4n) is 2.08. The minimum Gasteiger partial charge on any atom is -0.335 e. The van der Waals surface area contributed by atoms with Crippen molar-refractivity contribution in [2.24, 2.45) is 5.73 Å². The van der Waals surface area contributed by atoms with Gasteiger partial charge in [0.15, 0.2) is 0 Å². The van der Waals surface area contributed by atoms with E-state index in [1.165, 1.54) is 0 Å². The van der Waals surface area contributed by atoms with Crippen LogP contribution >= 0.6 is 23.2 Å². The molecule has 2 N–H and O–H groups in total. The maximum atomic E-state index is 6.22. The summed E-state index contributed by atoms with van der Waals surface area (Å²) in [5, 5.41) is 1.21. The first-order valence-electron chi connectivity index (χ1n) is 6.31. The van der Waals surface area contributed by atoms with Gasteiger partial charge in [-0.3, -0.25) is 0 Å². The summed E-state index contributed by atoms with van der Waals surface area (Å²) in [6, 6.07) is 5.25. The molecule has 1 atom stereocenters. The molecule has 102 valence electrons. The van der Waals surface area contributed by atoms with Crippen LogP contribution in [-0.4, -0.2) is 9.55 Å². The highest BCUT2D eigenvalue weighted by molar-refractivity contribution is 6.34. The topological polar surface area (TPSA) is 43.8 Å². The van der Waals surface area contributed by atoms with Crippen LogP contribution in [0.1, 0.15) is 30.8 Å². The van der Waals surface area contributed by atoms with Crippen molar-refractivity contribution in [3.8, 4) is 0 Å². The molecule has 1 heterocycles. The van der Waals surface area contributed by atoms with Gasteiger partial charge in [-0.05, 0) is 30.2 Å². The smallest absolute Gasteiger partial charge is 0.110 e. The third-order valence-electron chi connectivity index (χ3n) is 2.98. The predicted molar refractivity (Wildman–Crippen MR) is 79.6 cm³/mol. The van der Waals surface area contributed by atoms with Gasteiger partial charge in [0, 0.05) is 41.4 Å². The van der Waals surface area contributed by atoms with E-state index in [0.717, 1.165) is 24.4 Å². The summed E-state index contributed by atoms with van der Waals surface area (Å²) in [7, 11) is 0. The molecule has 0 spiro atoms. The minimum absolute atomic E-state index is 0.158. The Balaban J connectivity index is 2.15. The lowest BCUT2D eigenvalue weighted by atomic mass is 10.0. The Morgan fingerprint density at radius 2 is 1.95 bits per heavy atom. The van der Waals surface area contributed by atoms with Crippen molar-refractivity contribution in [2.45, 2.75) is 32.4 Å². The third kappa shape index (κ3) is 3.72. The molecule has 1 aromatic heterocycles. The lowest BCUT2D eigenvalue weighted by Crippen LogP contribution is -2.16. The van der Waals surface area contributed by atoms with E-state index in [1.54, 1.807) is 6.07 Å². The lowest BCUT2D eigenvalue weighted by molar-refractivity contribution is 0.599. The molecule has 0 saturated heterocycles. The molecule has 0 aliphatic carbocycles. The number of nitrogens with two attached hydrogens (primary N) is 1. The van der Waals surface area contributed by atoms with Crippen LogP contribution in [0.2, 0.25) is 10.0 Å². The maximum absolute atomic E-state index is 6.22. The maximum Gasteiger partial charge on any atom is 0.110 e. The number of imidazole rings is 1. The molecule has 0 amide bonds. The number of halogens is 2. The summed E-state index contributed by atoms with van der Waals surface area (Å²) in [6.07, 6.45) is 5.53. The Hall–Kier alpha value is -1.03. The molecule has 2 aromatic rings. The van der Waals surface area contributed by atoms with Crippen molar-refractivity contribution < 1.29 is 0 Å². The molecule has 5 heteroatoms. The highest BCUT2D eigenvalue weighted by atomic mass is 35.5. The molecule has 0 radical (unpaired) electrons. The first-order chi connectivity index (χ1) is 9.10. The summed E-state index contributed by atoms with van der Waals surface area (Å²) >= 11 is 12.0. The van der Waals surface area contributed by atoms with Gasteiger partial charge in [-0.25, -0.2) is 4.98 Å². The lowest BCUT2D eigenvalue weighted by Gasteiger charge is -2.14. The number of aryl methyl sites for hydroxylation is 1. The number of nitrogens with zero attached hydrogens (tertiary/aromatic N) is 2. The normalized spacial score (nSPS) is 12.6. The second kappa shape index (κ2) is 6.42. The van der Waals surface area contributed by atoms with E-state index in [9.17, 15) is 0 Å². The van der Waals surface area contributed by atoms with E-state index in [0.29, 0.717) is 16.5 Å². The third-order valence-corrected chi connectivity index (χ3v) is 3.42. The van der Waals surface area contributed by atoms with Crippen LogP contribution in [0.25, 0.3) is 0 Å². The molecule has 0 saturated carbocycles. The molecule has 0 aliphatic heterocycles. The van der Waals surface area contributed by atoms with Crippen LogP contribution in [0.4, 0.5) is 0 Å². The van der Waals surface area contributed by atoms with Crippen LogP contribution in [-0.2, 0) is 13.0 Å². The van der Waals surface area contributed by atoms with Gasteiger partial charge in [0.25, 0.3) is 0 Å². The summed E-state index contributed by atoms with van der Waals surface area (Å²) in [4.78, 5) is 4.36. The average molecular weight is 298 g/mol. The predicted octanol–water partition coefficient (Wildman–Crippen LogP) is 3.84. The number of aromatic nitrogens is 2. The number of benzene rings is 1. The van der Waals surface area contributed by atoms with Crippen molar-refractivity contribution >= 4 is 23.2 Å². The second-order valence-electron chi connectivity index (χ2n) is 4.55. The van der Waals surface area contributed by atoms with Crippen molar-refractivity contribution in [1.82, 2.24) is 9.55 Å². The molecular formula is C14H17Cl2N3. The van der Waals surface area contributed by atoms with Crippen molar-refractivity contribution in [2.75, 3.05) is 0 Å². The summed E-state index contributed by atoms with van der Waals surface area (Å²) < 4.78 is 2.13. The van der Waals surface area contributed by atoms with Gasteiger partial charge >= 0.3 is 0 Å². The van der Waals surface area contributed by atoms with Crippen LogP contribution in [0.15, 0.2) is 30.6 Å². The molecule has 1 aromatic carbocycles. The van der Waals surface area contributed by atoms with Gasteiger partial charge in [-0.1, -0.05) is 30.1 Å². The van der Waals surface area contributed by atoms with Crippen molar-refractivity contribution in [1.29, 1.82) is 0 Å². The van der Waals surface area contributed by atoms with Crippen molar-refractivity contribution in [3.05, 3.63) is 52.0 Å². The van der Waals surface area contributed by atoms with Crippen LogP contribution in [0.3, 0.4) is 0 Å². The minimum atomic E-state index is -0.158. The first-order valence-corrected chi connectivity index (χ1v) is 7.07. The molecule has 0 bridgehead atoms. The summed E-state index contributed by atoms with van der Waals surface area (Å²) in [5.74, 6) is 0.991. The van der Waals surface area contributed by atoms with E-state index in [-0.39, 0.29) is 6.04 Å². The summed E-state index contributed by atoms with van der Waals surface area (Å²) in [5.41, 5.74) is 7.15. The highest BCUT2D eigenvalue weighted by Crippen LogP contribution is 2.24. The molecule has 19 heavy (non-hydrogen) atoms. The number of hydrogen-bond donors (Lipinski definition) is 1. The zero-order valence-corrected chi connectivity index (χ0v) is 12.3. The molecule has 1 unspecified atom stereocenters. The standard InChI is InChI=1S/C14H17Cl2N3/c1-2-4-19-5-3-18-14(19)9-13(17)10-6-11(15)8-12(16)7-10/h3,5-8,13H,2,4,9,17H2,1H3. The van der Waals surface area contributed by atoms with E-state index in [1.807, 2.05) is 24.5 Å². The van der Waals surface area contributed by atoms with E-state index in [2.05, 4.69) is 16.5 Å². The molecule has 3 nitrogen and oxygen atoms in total. The Kier molecular flexibility index (Phi) is 4.86. The number of rotatable bonds is 5. The van der Waals surface area contributed by atoms with Gasteiger partial charge in [-0.2, -0.15) is 0 Å². The molecule has 0 fully saturated rings. The first kappa shape index (κ1) is 14.4. The second-order valence-corrected chi connectivity index (χ2v) is 5.42. The zero-order chi connectivity index (χ0) is 13.8. The number of hydrogen-bond acceptors (Lipinski definition) is 2. The molecular weight excluding hydrogens is 281 g/mol. The van der Waals surface area contributed by atoms with Gasteiger partial charge in [0.05, 0.1) is 0 Å². The fourth-order valence-corrected chi connectivity index (χ4v) is 2.62. The highest BCUT2D eigenvalue weighted by Gasteiger charge is 2.12. The Labute approximate surface area is 123 Å². The van der Waals surface area contributed by atoms with Crippen molar-refractivity contribution in [3.63, 3.8) is 0 Å². The van der Waals surface area contributed by atoms with Gasteiger partial charge < -0.3 is 10.3 Å². The molecule has 2 rings (SSSR count).